The first kappa shape index (κ1) is 13.9. The molecule has 17 heavy (non-hydrogen) atoms. The van der Waals surface area contributed by atoms with Crippen molar-refractivity contribution >= 4 is 23.5 Å². The molecular weight excluding hydrogens is 265 g/mol. The van der Waals surface area contributed by atoms with Crippen molar-refractivity contribution in [1.29, 1.82) is 0 Å². The van der Waals surface area contributed by atoms with Crippen LogP contribution >= 0.6 is 23.5 Å². The van der Waals surface area contributed by atoms with Gasteiger partial charge in [0.2, 0.25) is 0 Å². The van der Waals surface area contributed by atoms with Crippen LogP contribution in [0.3, 0.4) is 0 Å². The molecule has 100 valence electrons. The molecule has 1 heterocycles. The molecule has 1 aliphatic heterocycles. The Kier molecular flexibility index (Phi) is 4.98. The molecule has 5 heteroatoms. The zero-order chi connectivity index (χ0) is 12.3. The normalized spacial score (nSPS) is 27.0. The lowest BCUT2D eigenvalue weighted by atomic mass is 9.80. The second-order valence-corrected chi connectivity index (χ2v) is 7.73. The quantitative estimate of drug-likeness (QED) is 0.704. The minimum Gasteiger partial charge on any atom is -0.171 e. The van der Waals surface area contributed by atoms with Crippen molar-refractivity contribution in [2.45, 2.75) is 49.3 Å². The molecule has 2 fully saturated rings. The van der Waals surface area contributed by atoms with Crippen molar-refractivity contribution in [3.8, 4) is 0 Å². The molecule has 0 bridgehead atoms. The zero-order valence-electron chi connectivity index (χ0n) is 9.84. The molecule has 2 aliphatic rings. The van der Waals surface area contributed by atoms with Gasteiger partial charge >= 0.3 is 6.18 Å². The van der Waals surface area contributed by atoms with Gasteiger partial charge in [-0.25, -0.2) is 0 Å². The van der Waals surface area contributed by atoms with Crippen molar-refractivity contribution in [2.24, 2.45) is 11.8 Å². The summed E-state index contributed by atoms with van der Waals surface area (Å²) in [6, 6.07) is 0. The third-order valence-electron chi connectivity index (χ3n) is 3.68. The lowest BCUT2D eigenvalue weighted by Crippen LogP contribution is -2.39. The van der Waals surface area contributed by atoms with Gasteiger partial charge in [0.25, 0.3) is 0 Å². The predicted molar refractivity (Wildman–Crippen MR) is 69.4 cm³/mol. The van der Waals surface area contributed by atoms with Crippen LogP contribution in [0.4, 0.5) is 13.2 Å². The summed E-state index contributed by atoms with van der Waals surface area (Å²) in [5.41, 5.74) is 0. The van der Waals surface area contributed by atoms with Crippen molar-refractivity contribution in [2.75, 3.05) is 11.5 Å². The first-order chi connectivity index (χ1) is 8.09. The summed E-state index contributed by atoms with van der Waals surface area (Å²) in [5, 5.41) is 0. The van der Waals surface area contributed by atoms with Gasteiger partial charge in [-0.15, -0.1) is 23.5 Å². The number of rotatable bonds is 2. The first-order valence-electron chi connectivity index (χ1n) is 6.39. The van der Waals surface area contributed by atoms with E-state index in [0.29, 0.717) is 0 Å². The van der Waals surface area contributed by atoms with E-state index in [9.17, 15) is 13.2 Å². The molecule has 0 aromatic heterocycles. The smallest absolute Gasteiger partial charge is 0.171 e. The fourth-order valence-electron chi connectivity index (χ4n) is 2.85. The highest BCUT2D eigenvalue weighted by Gasteiger charge is 2.49. The van der Waals surface area contributed by atoms with Crippen molar-refractivity contribution in [3.05, 3.63) is 0 Å². The van der Waals surface area contributed by atoms with Crippen LogP contribution in [0.25, 0.3) is 0 Å². The average molecular weight is 284 g/mol. The minimum absolute atomic E-state index is 0.119. The fourth-order valence-corrected chi connectivity index (χ4v) is 6.25. The maximum absolute atomic E-state index is 13.3. The predicted octanol–water partition coefficient (Wildman–Crippen LogP) is 4.94. The van der Waals surface area contributed by atoms with E-state index >= 15 is 0 Å². The Labute approximate surface area is 109 Å². The zero-order valence-corrected chi connectivity index (χ0v) is 11.5. The second-order valence-electron chi connectivity index (χ2n) is 4.93. The fraction of sp³-hybridized carbons (Fsp3) is 1.00. The Balaban J connectivity index is 2.06. The number of halogens is 3. The van der Waals surface area contributed by atoms with Crippen LogP contribution in [0.2, 0.25) is 0 Å². The van der Waals surface area contributed by atoms with Crippen LogP contribution in [-0.4, -0.2) is 22.3 Å². The molecule has 0 aromatic rings. The molecule has 1 saturated heterocycles. The van der Waals surface area contributed by atoms with Crippen LogP contribution in [0.1, 0.15) is 38.5 Å². The van der Waals surface area contributed by atoms with Crippen LogP contribution in [-0.2, 0) is 0 Å². The molecular formula is C12H19F3S2. The van der Waals surface area contributed by atoms with Crippen molar-refractivity contribution in [3.63, 3.8) is 0 Å². The van der Waals surface area contributed by atoms with Crippen molar-refractivity contribution < 1.29 is 13.2 Å². The summed E-state index contributed by atoms with van der Waals surface area (Å²) in [4.78, 5) is 0. The molecule has 0 nitrogen and oxygen atoms in total. The van der Waals surface area contributed by atoms with Gasteiger partial charge in [0, 0.05) is 0 Å². The Morgan fingerprint density at radius 3 is 2.00 bits per heavy atom. The Morgan fingerprint density at radius 1 is 0.882 bits per heavy atom. The molecule has 1 saturated carbocycles. The highest BCUT2D eigenvalue weighted by Crippen LogP contribution is 2.49. The summed E-state index contributed by atoms with van der Waals surface area (Å²) in [5.74, 6) is 0.610. The van der Waals surface area contributed by atoms with E-state index in [2.05, 4.69) is 0 Å². The highest BCUT2D eigenvalue weighted by molar-refractivity contribution is 8.17. The number of hydrogen-bond donors (Lipinski definition) is 0. The lowest BCUT2D eigenvalue weighted by molar-refractivity contribution is -0.186. The standard InChI is InChI=1S/C12H19F3S2/c13-12(14,15)10(9-5-2-1-3-6-9)11-16-7-4-8-17-11/h9-11H,1-8H2. The van der Waals surface area contributed by atoms with E-state index in [-0.39, 0.29) is 10.5 Å². The van der Waals surface area contributed by atoms with E-state index in [1.165, 1.54) is 23.5 Å². The third-order valence-corrected chi connectivity index (χ3v) is 6.79. The van der Waals surface area contributed by atoms with Crippen LogP contribution in [0.5, 0.6) is 0 Å². The Bertz CT molecular complexity index is 212. The summed E-state index contributed by atoms with van der Waals surface area (Å²) in [7, 11) is 0. The van der Waals surface area contributed by atoms with Gasteiger partial charge in [0.1, 0.15) is 0 Å². The molecule has 0 N–H and O–H groups in total. The van der Waals surface area contributed by atoms with Gasteiger partial charge in [-0.05, 0) is 36.7 Å². The topological polar surface area (TPSA) is 0 Å². The Morgan fingerprint density at radius 2 is 1.47 bits per heavy atom. The lowest BCUT2D eigenvalue weighted by Gasteiger charge is -2.37. The van der Waals surface area contributed by atoms with Crippen LogP contribution < -0.4 is 0 Å². The summed E-state index contributed by atoms with van der Waals surface area (Å²) in [6.07, 6.45) is 1.69. The van der Waals surface area contributed by atoms with Gasteiger partial charge in [-0.3, -0.25) is 0 Å². The molecule has 1 aliphatic carbocycles. The maximum Gasteiger partial charge on any atom is 0.393 e. The molecule has 1 atom stereocenters. The van der Waals surface area contributed by atoms with Gasteiger partial charge in [0.15, 0.2) is 0 Å². The summed E-state index contributed by atoms with van der Waals surface area (Å²) >= 11 is 3.07. The number of alkyl halides is 3. The number of hydrogen-bond acceptors (Lipinski definition) is 2. The molecule has 1 unspecified atom stereocenters. The van der Waals surface area contributed by atoms with Gasteiger partial charge in [-0.2, -0.15) is 13.2 Å². The van der Waals surface area contributed by atoms with E-state index in [1.807, 2.05) is 0 Å². The Hall–Kier alpha value is 0.490. The van der Waals surface area contributed by atoms with Crippen molar-refractivity contribution in [1.82, 2.24) is 0 Å². The third kappa shape index (κ3) is 3.72. The van der Waals surface area contributed by atoms with E-state index in [1.54, 1.807) is 0 Å². The first-order valence-corrected chi connectivity index (χ1v) is 8.49. The average Bonchev–Trinajstić information content (AvgIpc) is 2.30. The monoisotopic (exact) mass is 284 g/mol. The van der Waals surface area contributed by atoms with Gasteiger partial charge < -0.3 is 0 Å². The SMILES string of the molecule is FC(F)(F)C(C1CCCCC1)C1SCCCS1. The van der Waals surface area contributed by atoms with Crippen LogP contribution in [0, 0.1) is 11.8 Å². The summed E-state index contributed by atoms with van der Waals surface area (Å²) in [6.45, 7) is 0. The largest absolute Gasteiger partial charge is 0.393 e. The number of thioether (sulfide) groups is 2. The molecule has 0 spiro atoms. The highest BCUT2D eigenvalue weighted by atomic mass is 32.2. The minimum atomic E-state index is -4.01. The van der Waals surface area contributed by atoms with Gasteiger partial charge in [-0.1, -0.05) is 19.3 Å². The molecule has 0 aromatic carbocycles. The van der Waals surface area contributed by atoms with Gasteiger partial charge in [0.05, 0.1) is 10.5 Å². The van der Waals surface area contributed by atoms with Crippen LogP contribution in [0.15, 0.2) is 0 Å². The summed E-state index contributed by atoms with van der Waals surface area (Å²) < 4.78 is 39.5. The molecule has 2 rings (SSSR count). The molecule has 0 amide bonds. The maximum atomic E-state index is 13.3. The molecule has 0 radical (unpaired) electrons. The van der Waals surface area contributed by atoms with E-state index in [0.717, 1.165) is 50.0 Å². The van der Waals surface area contributed by atoms with E-state index in [4.69, 9.17) is 0 Å². The second kappa shape index (κ2) is 6.09. The van der Waals surface area contributed by atoms with E-state index < -0.39 is 12.1 Å².